The lowest BCUT2D eigenvalue weighted by atomic mass is 10.1. The van der Waals surface area contributed by atoms with E-state index in [2.05, 4.69) is 4.74 Å². The zero-order chi connectivity index (χ0) is 10.7. The first-order chi connectivity index (χ1) is 6.56. The van der Waals surface area contributed by atoms with Crippen LogP contribution in [0.5, 0.6) is 0 Å². The number of esters is 1. The zero-order valence-electron chi connectivity index (χ0n) is 7.46. The summed E-state index contributed by atoms with van der Waals surface area (Å²) in [4.78, 5) is 11.0. The Labute approximate surface area is 85.6 Å². The minimum absolute atomic E-state index is 0.114. The molecule has 3 nitrogen and oxygen atoms in total. The van der Waals surface area contributed by atoms with E-state index in [1.54, 1.807) is 0 Å². The molecule has 1 atom stereocenters. The average Bonchev–Trinajstić information content (AvgIpc) is 2.15. The van der Waals surface area contributed by atoms with E-state index in [0.29, 0.717) is 5.56 Å². The minimum Gasteiger partial charge on any atom is -0.468 e. The van der Waals surface area contributed by atoms with Crippen molar-refractivity contribution in [3.63, 3.8) is 0 Å². The Morgan fingerprint density at radius 2 is 2.29 bits per heavy atom. The van der Waals surface area contributed by atoms with E-state index in [9.17, 15) is 9.18 Å². The van der Waals surface area contributed by atoms with Crippen LogP contribution in [0.4, 0.5) is 4.39 Å². The van der Waals surface area contributed by atoms with Gasteiger partial charge in [0.15, 0.2) is 0 Å². The van der Waals surface area contributed by atoms with Crippen molar-refractivity contribution in [2.45, 2.75) is 6.04 Å². The second-order valence-corrected chi connectivity index (χ2v) is 3.07. The molecule has 1 aromatic rings. The van der Waals surface area contributed by atoms with E-state index in [1.807, 2.05) is 0 Å². The van der Waals surface area contributed by atoms with Crippen LogP contribution in [0.1, 0.15) is 11.6 Å². The molecule has 1 aromatic carbocycles. The van der Waals surface area contributed by atoms with Gasteiger partial charge >= 0.3 is 5.97 Å². The summed E-state index contributed by atoms with van der Waals surface area (Å²) in [5.74, 6) is -1.09. The van der Waals surface area contributed by atoms with E-state index >= 15 is 0 Å². The van der Waals surface area contributed by atoms with Crippen molar-refractivity contribution >= 4 is 17.6 Å². The lowest BCUT2D eigenvalue weighted by Gasteiger charge is -2.10. The number of ether oxygens (including phenoxy) is 1. The van der Waals surface area contributed by atoms with Gasteiger partial charge in [-0.3, -0.25) is 4.79 Å². The van der Waals surface area contributed by atoms with Crippen molar-refractivity contribution in [1.29, 1.82) is 0 Å². The number of nitrogens with two attached hydrogens (primary N) is 1. The van der Waals surface area contributed by atoms with Gasteiger partial charge in [-0.05, 0) is 17.7 Å². The van der Waals surface area contributed by atoms with Crippen LogP contribution in [-0.4, -0.2) is 13.1 Å². The van der Waals surface area contributed by atoms with Gasteiger partial charge in [-0.15, -0.1) is 0 Å². The van der Waals surface area contributed by atoms with Gasteiger partial charge in [0.1, 0.15) is 11.9 Å². The highest BCUT2D eigenvalue weighted by Crippen LogP contribution is 2.22. The Morgan fingerprint density at radius 3 is 2.79 bits per heavy atom. The Balaban J connectivity index is 3.01. The third-order valence-electron chi connectivity index (χ3n) is 1.75. The maximum atomic E-state index is 12.7. The summed E-state index contributed by atoms with van der Waals surface area (Å²) in [7, 11) is 1.22. The molecule has 1 rings (SSSR count). The van der Waals surface area contributed by atoms with E-state index in [-0.39, 0.29) is 5.02 Å². The molecule has 76 valence electrons. The first kappa shape index (κ1) is 10.9. The van der Waals surface area contributed by atoms with Crippen molar-refractivity contribution in [2.24, 2.45) is 5.73 Å². The number of halogens is 2. The summed E-state index contributed by atoms with van der Waals surface area (Å²) in [6.45, 7) is 0. The Morgan fingerprint density at radius 1 is 1.64 bits per heavy atom. The zero-order valence-corrected chi connectivity index (χ0v) is 8.22. The number of methoxy groups -OCH3 is 1. The standard InChI is InChI=1S/C9H9ClFNO2/c1-14-9(13)8(12)6-3-2-5(11)4-7(6)10/h2-4,8H,12H2,1H3/t8-/m0/s1. The lowest BCUT2D eigenvalue weighted by Crippen LogP contribution is -2.22. The van der Waals surface area contributed by atoms with Crippen LogP contribution in [0.3, 0.4) is 0 Å². The molecule has 0 unspecified atom stereocenters. The quantitative estimate of drug-likeness (QED) is 0.767. The van der Waals surface area contributed by atoms with Crippen LogP contribution in [0.15, 0.2) is 18.2 Å². The molecule has 0 aliphatic rings. The molecular formula is C9H9ClFNO2. The van der Waals surface area contributed by atoms with Gasteiger partial charge in [-0.25, -0.2) is 4.39 Å². The normalized spacial score (nSPS) is 12.3. The van der Waals surface area contributed by atoms with Gasteiger partial charge < -0.3 is 10.5 Å². The summed E-state index contributed by atoms with van der Waals surface area (Å²) in [6, 6.07) is 2.66. The molecular weight excluding hydrogens is 209 g/mol. The molecule has 0 spiro atoms. The topological polar surface area (TPSA) is 52.3 Å². The largest absolute Gasteiger partial charge is 0.468 e. The first-order valence-corrected chi connectivity index (χ1v) is 4.22. The van der Waals surface area contributed by atoms with Gasteiger partial charge in [0.2, 0.25) is 0 Å². The highest BCUT2D eigenvalue weighted by atomic mass is 35.5. The van der Waals surface area contributed by atoms with Crippen molar-refractivity contribution in [2.75, 3.05) is 7.11 Å². The fourth-order valence-electron chi connectivity index (χ4n) is 1.01. The van der Waals surface area contributed by atoms with Gasteiger partial charge in [-0.1, -0.05) is 17.7 Å². The molecule has 5 heteroatoms. The predicted octanol–water partition coefficient (Wildman–Crippen LogP) is 1.65. The van der Waals surface area contributed by atoms with Crippen molar-refractivity contribution in [3.8, 4) is 0 Å². The van der Waals surface area contributed by atoms with Gasteiger partial charge in [0, 0.05) is 5.02 Å². The van der Waals surface area contributed by atoms with E-state index < -0.39 is 17.8 Å². The molecule has 0 aromatic heterocycles. The van der Waals surface area contributed by atoms with E-state index in [0.717, 1.165) is 6.07 Å². The minimum atomic E-state index is -0.979. The van der Waals surface area contributed by atoms with Crippen molar-refractivity contribution in [1.82, 2.24) is 0 Å². The van der Waals surface area contributed by atoms with Gasteiger partial charge in [0.05, 0.1) is 7.11 Å². The SMILES string of the molecule is COC(=O)[C@@H](N)c1ccc(F)cc1Cl. The molecule has 0 saturated heterocycles. The Hall–Kier alpha value is -1.13. The number of benzene rings is 1. The smallest absolute Gasteiger partial charge is 0.327 e. The Kier molecular flexibility index (Phi) is 3.43. The maximum Gasteiger partial charge on any atom is 0.327 e. The van der Waals surface area contributed by atoms with E-state index in [4.69, 9.17) is 17.3 Å². The molecule has 0 heterocycles. The predicted molar refractivity (Wildman–Crippen MR) is 50.4 cm³/mol. The van der Waals surface area contributed by atoms with Crippen LogP contribution in [-0.2, 0) is 9.53 Å². The number of rotatable bonds is 2. The van der Waals surface area contributed by atoms with Gasteiger partial charge in [0.25, 0.3) is 0 Å². The molecule has 0 aliphatic carbocycles. The number of carbonyl (C=O) groups excluding carboxylic acids is 1. The average molecular weight is 218 g/mol. The molecule has 0 radical (unpaired) electrons. The van der Waals surface area contributed by atoms with Crippen LogP contribution in [0, 0.1) is 5.82 Å². The highest BCUT2D eigenvalue weighted by Gasteiger charge is 2.18. The summed E-state index contributed by atoms with van der Waals surface area (Å²) in [5.41, 5.74) is 5.87. The molecule has 0 amide bonds. The lowest BCUT2D eigenvalue weighted by molar-refractivity contribution is -0.142. The van der Waals surface area contributed by atoms with Crippen molar-refractivity contribution < 1.29 is 13.9 Å². The molecule has 2 N–H and O–H groups in total. The van der Waals surface area contributed by atoms with Crippen LogP contribution in [0.25, 0.3) is 0 Å². The molecule has 0 aliphatic heterocycles. The summed E-state index contributed by atoms with van der Waals surface area (Å²) in [5, 5.41) is 0.114. The van der Waals surface area contributed by atoms with Crippen LogP contribution >= 0.6 is 11.6 Å². The summed E-state index contributed by atoms with van der Waals surface area (Å²) >= 11 is 5.70. The van der Waals surface area contributed by atoms with E-state index in [1.165, 1.54) is 19.2 Å². The fourth-order valence-corrected chi connectivity index (χ4v) is 1.29. The Bertz CT molecular complexity index is 357. The summed E-state index contributed by atoms with van der Waals surface area (Å²) in [6.07, 6.45) is 0. The van der Waals surface area contributed by atoms with Crippen molar-refractivity contribution in [3.05, 3.63) is 34.6 Å². The molecule has 0 fully saturated rings. The summed E-state index contributed by atoms with van der Waals surface area (Å²) < 4.78 is 17.1. The fraction of sp³-hybridized carbons (Fsp3) is 0.222. The number of carbonyl (C=O) groups is 1. The second-order valence-electron chi connectivity index (χ2n) is 2.67. The maximum absolute atomic E-state index is 12.7. The van der Waals surface area contributed by atoms with Crippen LogP contribution in [0.2, 0.25) is 5.02 Å². The van der Waals surface area contributed by atoms with Gasteiger partial charge in [-0.2, -0.15) is 0 Å². The third kappa shape index (κ3) is 2.21. The van der Waals surface area contributed by atoms with Crippen LogP contribution < -0.4 is 5.73 Å². The number of hydrogen-bond donors (Lipinski definition) is 1. The first-order valence-electron chi connectivity index (χ1n) is 3.84. The monoisotopic (exact) mass is 217 g/mol. The molecule has 14 heavy (non-hydrogen) atoms. The highest BCUT2D eigenvalue weighted by molar-refractivity contribution is 6.31. The molecule has 0 saturated carbocycles. The molecule has 0 bridgehead atoms. The number of hydrogen-bond acceptors (Lipinski definition) is 3. The third-order valence-corrected chi connectivity index (χ3v) is 2.08. The second kappa shape index (κ2) is 4.39.